The monoisotopic (exact) mass is 476 g/mol. The third-order valence-corrected chi connectivity index (χ3v) is 3.94. The van der Waals surface area contributed by atoms with Crippen LogP contribution in [0.25, 0.3) is 0 Å². The number of carbonyl (C=O) groups is 1. The van der Waals surface area contributed by atoms with E-state index >= 15 is 0 Å². The van der Waals surface area contributed by atoms with Crippen molar-refractivity contribution < 1.29 is 61.9 Å². The van der Waals surface area contributed by atoms with Crippen molar-refractivity contribution in [3.05, 3.63) is 0 Å². The smallest absolute Gasteiger partial charge is 0.270 e. The fourth-order valence-corrected chi connectivity index (χ4v) is 2.21. The molecule has 0 spiro atoms. The van der Waals surface area contributed by atoms with Crippen LogP contribution in [0.3, 0.4) is 0 Å². The van der Waals surface area contributed by atoms with Gasteiger partial charge in [-0.3, -0.25) is 9.80 Å². The summed E-state index contributed by atoms with van der Waals surface area (Å²) in [7, 11) is 0. The Labute approximate surface area is 161 Å². The van der Waals surface area contributed by atoms with E-state index in [4.69, 9.17) is 0 Å². The summed E-state index contributed by atoms with van der Waals surface area (Å²) in [4.78, 5) is 11.8. The predicted octanol–water partition coefficient (Wildman–Crippen LogP) is 5.22. The number of alkyl halides is 13. The number of amides is 1. The van der Waals surface area contributed by atoms with Gasteiger partial charge in [0, 0.05) is 19.6 Å². The van der Waals surface area contributed by atoms with E-state index in [0.717, 1.165) is 0 Å². The molecule has 0 aliphatic heterocycles. The Morgan fingerprint density at radius 3 is 1.30 bits per heavy atom. The van der Waals surface area contributed by atoms with Crippen LogP contribution in [0.5, 0.6) is 0 Å². The SMILES string of the molecule is CCCN(C(=O)C(F)(F)C(F)(F)C(F)(F)C(F)(F)C(F)(F)C(F)(F)F)N(CC)CC. The topological polar surface area (TPSA) is 23.6 Å². The van der Waals surface area contributed by atoms with Crippen LogP contribution in [0.2, 0.25) is 0 Å². The quantitative estimate of drug-likeness (QED) is 0.319. The van der Waals surface area contributed by atoms with Crippen LogP contribution >= 0.6 is 0 Å². The maximum atomic E-state index is 14.0. The zero-order valence-corrected chi connectivity index (χ0v) is 15.5. The highest BCUT2D eigenvalue weighted by atomic mass is 19.4. The number of hydrogen-bond donors (Lipinski definition) is 0. The molecule has 30 heavy (non-hydrogen) atoms. The van der Waals surface area contributed by atoms with Gasteiger partial charge in [-0.15, -0.1) is 0 Å². The fraction of sp³-hybridized carbons (Fsp3) is 0.929. The first kappa shape index (κ1) is 28.5. The lowest BCUT2D eigenvalue weighted by atomic mass is 9.93. The minimum absolute atomic E-state index is 0.190. The van der Waals surface area contributed by atoms with Crippen molar-refractivity contribution in [2.75, 3.05) is 19.6 Å². The first-order valence-corrected chi connectivity index (χ1v) is 8.15. The predicted molar refractivity (Wildman–Crippen MR) is 75.7 cm³/mol. The number of rotatable bonds is 10. The third-order valence-electron chi connectivity index (χ3n) is 3.94. The Hall–Kier alpha value is -1.48. The Morgan fingerprint density at radius 2 is 1.00 bits per heavy atom. The van der Waals surface area contributed by atoms with Crippen LogP contribution in [-0.2, 0) is 4.79 Å². The van der Waals surface area contributed by atoms with Crippen LogP contribution in [0, 0.1) is 0 Å². The van der Waals surface area contributed by atoms with Gasteiger partial charge in [0.25, 0.3) is 0 Å². The van der Waals surface area contributed by atoms with E-state index in [1.165, 1.54) is 20.8 Å². The Balaban J connectivity index is 6.50. The molecule has 0 rings (SSSR count). The number of hydrazine groups is 1. The molecule has 0 N–H and O–H groups in total. The van der Waals surface area contributed by atoms with Gasteiger partial charge in [0.1, 0.15) is 0 Å². The van der Waals surface area contributed by atoms with Crippen LogP contribution < -0.4 is 0 Å². The maximum absolute atomic E-state index is 14.0. The summed E-state index contributed by atoms with van der Waals surface area (Å²) < 4.78 is 171. The lowest BCUT2D eigenvalue weighted by molar-refractivity contribution is -0.436. The second-order valence-corrected chi connectivity index (χ2v) is 5.94. The van der Waals surface area contributed by atoms with E-state index in [2.05, 4.69) is 0 Å². The van der Waals surface area contributed by atoms with E-state index in [-0.39, 0.29) is 24.5 Å². The first-order valence-electron chi connectivity index (χ1n) is 8.15. The highest BCUT2D eigenvalue weighted by molar-refractivity contribution is 5.84. The van der Waals surface area contributed by atoms with Crippen LogP contribution in [0.15, 0.2) is 0 Å². The van der Waals surface area contributed by atoms with Crippen molar-refractivity contribution in [2.24, 2.45) is 0 Å². The van der Waals surface area contributed by atoms with Crippen LogP contribution in [-0.4, -0.2) is 71.3 Å². The molecule has 3 nitrogen and oxygen atoms in total. The highest BCUT2D eigenvalue weighted by Gasteiger charge is 2.91. The van der Waals surface area contributed by atoms with Crippen molar-refractivity contribution >= 4 is 5.91 Å². The molecule has 0 aromatic heterocycles. The highest BCUT2D eigenvalue weighted by Crippen LogP contribution is 2.60. The van der Waals surface area contributed by atoms with Crippen LogP contribution in [0.4, 0.5) is 57.1 Å². The van der Waals surface area contributed by atoms with E-state index in [0.29, 0.717) is 5.01 Å². The van der Waals surface area contributed by atoms with Crippen molar-refractivity contribution in [3.8, 4) is 0 Å². The molecule has 0 bridgehead atoms. The van der Waals surface area contributed by atoms with Gasteiger partial charge in [-0.25, -0.2) is 5.01 Å². The van der Waals surface area contributed by atoms with E-state index in [9.17, 15) is 61.9 Å². The molecule has 0 heterocycles. The molecule has 0 radical (unpaired) electrons. The van der Waals surface area contributed by atoms with Crippen molar-refractivity contribution in [1.82, 2.24) is 10.0 Å². The Kier molecular flexibility index (Phi) is 8.15. The second-order valence-electron chi connectivity index (χ2n) is 5.94. The van der Waals surface area contributed by atoms with Gasteiger partial charge in [0.15, 0.2) is 0 Å². The zero-order valence-electron chi connectivity index (χ0n) is 15.5. The average molecular weight is 476 g/mol. The summed E-state index contributed by atoms with van der Waals surface area (Å²) in [5.74, 6) is -41.4. The molecule has 0 fully saturated rings. The molecule has 1 amide bonds. The Bertz CT molecular complexity index is 599. The lowest BCUT2D eigenvalue weighted by Gasteiger charge is -2.41. The summed E-state index contributed by atoms with van der Waals surface area (Å²) in [6.07, 6.45) is -7.71. The Morgan fingerprint density at radius 1 is 0.633 bits per heavy atom. The van der Waals surface area contributed by atoms with Gasteiger partial charge in [0.05, 0.1) is 0 Å². The summed E-state index contributed by atoms with van der Waals surface area (Å²) in [6, 6.07) is 0. The number of carbonyl (C=O) groups excluding carboxylic acids is 1. The lowest BCUT2D eigenvalue weighted by Crippen LogP contribution is -2.72. The molecule has 0 aliphatic rings. The summed E-state index contributed by atoms with van der Waals surface area (Å²) in [5, 5.41) is 0.431. The van der Waals surface area contributed by atoms with Gasteiger partial charge in [-0.2, -0.15) is 57.1 Å². The molecule has 0 aromatic carbocycles. The number of nitrogens with zero attached hydrogens (tertiary/aromatic N) is 2. The zero-order chi connectivity index (χ0) is 24.6. The number of halogens is 13. The van der Waals surface area contributed by atoms with Gasteiger partial charge in [0.2, 0.25) is 0 Å². The fourth-order valence-electron chi connectivity index (χ4n) is 2.21. The third kappa shape index (κ3) is 4.15. The van der Waals surface area contributed by atoms with Gasteiger partial charge >= 0.3 is 41.7 Å². The van der Waals surface area contributed by atoms with Gasteiger partial charge in [-0.1, -0.05) is 20.8 Å². The summed E-state index contributed by atoms with van der Waals surface area (Å²) in [6.45, 7) is 2.19. The maximum Gasteiger partial charge on any atom is 0.460 e. The number of hydrogen-bond acceptors (Lipinski definition) is 2. The molecule has 16 heteroatoms. The van der Waals surface area contributed by atoms with E-state index < -0.39 is 48.2 Å². The van der Waals surface area contributed by atoms with E-state index in [1.807, 2.05) is 0 Å². The van der Waals surface area contributed by atoms with Crippen molar-refractivity contribution in [2.45, 2.75) is 63.0 Å². The molecular formula is C14H17F13N2O. The molecule has 180 valence electrons. The second kappa shape index (κ2) is 8.57. The minimum Gasteiger partial charge on any atom is -0.270 e. The largest absolute Gasteiger partial charge is 0.460 e. The molecule has 0 saturated carbocycles. The minimum atomic E-state index is -8.03. The molecular weight excluding hydrogens is 459 g/mol. The standard InChI is InChI=1S/C14H17F13N2O/c1-4-7-29(28(5-2)6-3)8(30)9(15,16)10(17,18)11(19,20)12(21,22)13(23,24)14(25,26)27/h4-7H2,1-3H3. The average Bonchev–Trinajstić information content (AvgIpc) is 2.59. The molecule has 0 unspecified atom stereocenters. The first-order chi connectivity index (χ1) is 13.1. The molecule has 0 saturated heterocycles. The summed E-state index contributed by atoms with van der Waals surface area (Å²) in [5.41, 5.74) is 0. The van der Waals surface area contributed by atoms with Crippen LogP contribution in [0.1, 0.15) is 27.2 Å². The summed E-state index contributed by atoms with van der Waals surface area (Å²) >= 11 is 0. The van der Waals surface area contributed by atoms with Crippen molar-refractivity contribution in [1.29, 1.82) is 0 Å². The molecule has 0 atom stereocenters. The van der Waals surface area contributed by atoms with Gasteiger partial charge in [-0.05, 0) is 6.42 Å². The molecule has 0 aromatic rings. The van der Waals surface area contributed by atoms with Crippen molar-refractivity contribution in [3.63, 3.8) is 0 Å². The van der Waals surface area contributed by atoms with Gasteiger partial charge < -0.3 is 0 Å². The van der Waals surface area contributed by atoms with E-state index in [1.54, 1.807) is 0 Å². The normalized spacial score (nSPS) is 15.0. The molecule has 0 aliphatic carbocycles.